The number of aromatic nitrogens is 2. The number of hydrogen-bond acceptors (Lipinski definition) is 6. The van der Waals surface area contributed by atoms with Crippen molar-refractivity contribution in [2.75, 3.05) is 36.9 Å². The lowest BCUT2D eigenvalue weighted by Gasteiger charge is -2.22. The molecule has 2 aliphatic heterocycles. The summed E-state index contributed by atoms with van der Waals surface area (Å²) in [6.07, 6.45) is 5.55. The van der Waals surface area contributed by atoms with Crippen molar-refractivity contribution >= 4 is 29.1 Å². The van der Waals surface area contributed by atoms with Gasteiger partial charge in [-0.05, 0) is 56.3 Å². The van der Waals surface area contributed by atoms with Crippen molar-refractivity contribution in [2.24, 2.45) is 5.92 Å². The molecule has 4 heterocycles. The second-order valence-corrected chi connectivity index (χ2v) is 7.94. The van der Waals surface area contributed by atoms with E-state index in [4.69, 9.17) is 21.3 Å². The van der Waals surface area contributed by atoms with E-state index in [0.29, 0.717) is 16.8 Å². The molecule has 1 amide bonds. The van der Waals surface area contributed by atoms with Crippen molar-refractivity contribution in [3.05, 3.63) is 35.5 Å². The van der Waals surface area contributed by atoms with Crippen LogP contribution in [-0.4, -0.2) is 48.2 Å². The monoisotopic (exact) mass is 415 g/mol. The number of nitrogens with zero attached hydrogens (tertiary/aromatic N) is 2. The first-order valence-electron chi connectivity index (χ1n) is 10.2. The predicted molar refractivity (Wildman–Crippen MR) is 114 cm³/mol. The molecule has 0 radical (unpaired) electrons. The fourth-order valence-electron chi connectivity index (χ4n) is 3.71. The highest BCUT2D eigenvalue weighted by Crippen LogP contribution is 2.29. The van der Waals surface area contributed by atoms with Gasteiger partial charge in [0.25, 0.3) is 0 Å². The largest absolute Gasteiger partial charge is 0.381 e. The first-order valence-corrected chi connectivity index (χ1v) is 10.6. The zero-order chi connectivity index (χ0) is 20.1. The highest BCUT2D eigenvalue weighted by atomic mass is 35.5. The summed E-state index contributed by atoms with van der Waals surface area (Å²) in [5.41, 5.74) is 1.48. The molecule has 4 rings (SSSR count). The van der Waals surface area contributed by atoms with Crippen molar-refractivity contribution in [3.63, 3.8) is 0 Å². The summed E-state index contributed by atoms with van der Waals surface area (Å²) in [6.45, 7) is 3.41. The van der Waals surface area contributed by atoms with Gasteiger partial charge in [0.15, 0.2) is 0 Å². The summed E-state index contributed by atoms with van der Waals surface area (Å²) < 4.78 is 5.42. The molecule has 1 atom stereocenters. The maximum Gasteiger partial charge on any atom is 0.242 e. The van der Waals surface area contributed by atoms with Gasteiger partial charge in [0.05, 0.1) is 16.8 Å². The zero-order valence-corrected chi connectivity index (χ0v) is 17.0. The Balaban J connectivity index is 1.46. The average Bonchev–Trinajstić information content (AvgIpc) is 3.30. The van der Waals surface area contributed by atoms with E-state index in [2.05, 4.69) is 20.9 Å². The van der Waals surface area contributed by atoms with E-state index in [1.165, 1.54) is 0 Å². The van der Waals surface area contributed by atoms with Crippen LogP contribution in [0.25, 0.3) is 11.3 Å². The lowest BCUT2D eigenvalue weighted by Crippen LogP contribution is -2.35. The van der Waals surface area contributed by atoms with Crippen molar-refractivity contribution in [1.82, 2.24) is 15.3 Å². The number of pyridine rings is 2. The second kappa shape index (κ2) is 9.52. The van der Waals surface area contributed by atoms with Gasteiger partial charge in [-0.25, -0.2) is 9.97 Å². The molecule has 2 saturated heterocycles. The van der Waals surface area contributed by atoms with E-state index in [1.807, 2.05) is 18.2 Å². The van der Waals surface area contributed by atoms with Gasteiger partial charge in [-0.3, -0.25) is 4.79 Å². The van der Waals surface area contributed by atoms with Gasteiger partial charge in [0, 0.05) is 31.5 Å². The van der Waals surface area contributed by atoms with Crippen LogP contribution in [0.2, 0.25) is 5.02 Å². The van der Waals surface area contributed by atoms with E-state index in [9.17, 15) is 4.79 Å². The molecule has 0 saturated carbocycles. The first-order chi connectivity index (χ1) is 14.2. The molecular formula is C21H26ClN5O2. The number of anilines is 2. The lowest BCUT2D eigenvalue weighted by atomic mass is 10.0. The SMILES string of the molecule is O=C(Nc1cc(-c2cccc(NCC3CCOCC3)n2)c(Cl)cn1)[C@H]1CCCN1. The van der Waals surface area contributed by atoms with Crippen molar-refractivity contribution < 1.29 is 9.53 Å². The Morgan fingerprint density at radius 3 is 2.90 bits per heavy atom. The molecule has 29 heavy (non-hydrogen) atoms. The maximum absolute atomic E-state index is 12.4. The smallest absolute Gasteiger partial charge is 0.242 e. The fraction of sp³-hybridized carbons (Fsp3) is 0.476. The number of rotatable bonds is 6. The molecule has 2 aliphatic rings. The number of nitrogens with one attached hydrogen (secondary N) is 3. The topological polar surface area (TPSA) is 88.2 Å². The van der Waals surface area contributed by atoms with Crippen molar-refractivity contribution in [2.45, 2.75) is 31.7 Å². The van der Waals surface area contributed by atoms with E-state index < -0.39 is 0 Å². The first kappa shape index (κ1) is 20.1. The highest BCUT2D eigenvalue weighted by molar-refractivity contribution is 6.33. The third kappa shape index (κ3) is 5.23. The van der Waals surface area contributed by atoms with Gasteiger partial charge in [-0.15, -0.1) is 0 Å². The summed E-state index contributed by atoms with van der Waals surface area (Å²) in [6, 6.07) is 7.43. The molecule has 0 spiro atoms. The van der Waals surface area contributed by atoms with Crippen LogP contribution in [0.5, 0.6) is 0 Å². The van der Waals surface area contributed by atoms with E-state index in [0.717, 1.165) is 69.1 Å². The van der Waals surface area contributed by atoms with E-state index >= 15 is 0 Å². The number of ether oxygens (including phenoxy) is 1. The van der Waals surface area contributed by atoms with Gasteiger partial charge in [0.2, 0.25) is 5.91 Å². The number of hydrogen-bond donors (Lipinski definition) is 3. The van der Waals surface area contributed by atoms with Gasteiger partial charge >= 0.3 is 0 Å². The standard InChI is InChI=1S/C21H26ClN5O2/c22-16-13-25-20(27-21(28)18-4-2-8-23-18)11-15(16)17-3-1-5-19(26-17)24-12-14-6-9-29-10-7-14/h1,3,5,11,13-14,18,23H,2,4,6-10,12H2,(H,24,26)(H,25,27,28)/t18-/m1/s1. The molecule has 0 bridgehead atoms. The fourth-order valence-corrected chi connectivity index (χ4v) is 3.91. The molecule has 0 aliphatic carbocycles. The normalized spacial score (nSPS) is 19.8. The zero-order valence-electron chi connectivity index (χ0n) is 16.3. The summed E-state index contributed by atoms with van der Waals surface area (Å²) in [4.78, 5) is 21.3. The van der Waals surface area contributed by atoms with Crippen LogP contribution in [0.4, 0.5) is 11.6 Å². The lowest BCUT2D eigenvalue weighted by molar-refractivity contribution is -0.117. The minimum Gasteiger partial charge on any atom is -0.381 e. The van der Waals surface area contributed by atoms with Crippen LogP contribution in [0.3, 0.4) is 0 Å². The Hall–Kier alpha value is -2.22. The maximum atomic E-state index is 12.4. The second-order valence-electron chi connectivity index (χ2n) is 7.53. The van der Waals surface area contributed by atoms with E-state index in [-0.39, 0.29) is 11.9 Å². The summed E-state index contributed by atoms with van der Waals surface area (Å²) in [5.74, 6) is 1.82. The highest BCUT2D eigenvalue weighted by Gasteiger charge is 2.22. The molecule has 154 valence electrons. The van der Waals surface area contributed by atoms with Crippen LogP contribution < -0.4 is 16.0 Å². The number of halogens is 1. The Morgan fingerprint density at radius 2 is 2.10 bits per heavy atom. The van der Waals surface area contributed by atoms with Crippen LogP contribution >= 0.6 is 11.6 Å². The summed E-state index contributed by atoms with van der Waals surface area (Å²) in [7, 11) is 0. The number of amides is 1. The summed E-state index contributed by atoms with van der Waals surface area (Å²) in [5, 5.41) is 9.99. The Labute approximate surface area is 175 Å². The van der Waals surface area contributed by atoms with Crippen molar-refractivity contribution in [3.8, 4) is 11.3 Å². The number of carbonyl (C=O) groups excluding carboxylic acids is 1. The Morgan fingerprint density at radius 1 is 1.24 bits per heavy atom. The summed E-state index contributed by atoms with van der Waals surface area (Å²) >= 11 is 6.38. The predicted octanol–water partition coefficient (Wildman–Crippen LogP) is 3.33. The molecule has 0 aromatic carbocycles. The quantitative estimate of drug-likeness (QED) is 0.670. The van der Waals surface area contributed by atoms with Crippen LogP contribution in [0, 0.1) is 5.92 Å². The van der Waals surface area contributed by atoms with Gasteiger partial charge in [0.1, 0.15) is 11.6 Å². The molecule has 2 fully saturated rings. The Bertz CT molecular complexity index is 851. The minimum absolute atomic E-state index is 0.0666. The molecule has 2 aromatic heterocycles. The molecular weight excluding hydrogens is 390 g/mol. The Kier molecular flexibility index (Phi) is 6.59. The molecule has 3 N–H and O–H groups in total. The van der Waals surface area contributed by atoms with Crippen LogP contribution in [-0.2, 0) is 9.53 Å². The molecule has 2 aromatic rings. The van der Waals surface area contributed by atoms with E-state index in [1.54, 1.807) is 12.3 Å². The third-order valence-electron chi connectivity index (χ3n) is 5.42. The van der Waals surface area contributed by atoms with Gasteiger partial charge in [-0.2, -0.15) is 0 Å². The van der Waals surface area contributed by atoms with Crippen LogP contribution in [0.1, 0.15) is 25.7 Å². The van der Waals surface area contributed by atoms with Gasteiger partial charge in [-0.1, -0.05) is 17.7 Å². The molecule has 7 nitrogen and oxygen atoms in total. The van der Waals surface area contributed by atoms with Crippen molar-refractivity contribution in [1.29, 1.82) is 0 Å². The van der Waals surface area contributed by atoms with Gasteiger partial charge < -0.3 is 20.7 Å². The molecule has 0 unspecified atom stereocenters. The minimum atomic E-state index is -0.160. The third-order valence-corrected chi connectivity index (χ3v) is 5.72. The molecule has 8 heteroatoms. The number of carbonyl (C=O) groups is 1. The van der Waals surface area contributed by atoms with Crippen LogP contribution in [0.15, 0.2) is 30.5 Å². The average molecular weight is 416 g/mol.